The van der Waals surface area contributed by atoms with Gasteiger partial charge in [0.25, 0.3) is 0 Å². The number of nitrogens with one attached hydrogen (secondary N) is 1. The van der Waals surface area contributed by atoms with Crippen molar-refractivity contribution >= 4 is 11.4 Å². The van der Waals surface area contributed by atoms with Crippen molar-refractivity contribution in [2.24, 2.45) is 11.1 Å². The Morgan fingerprint density at radius 3 is 2.83 bits per heavy atom. The molecular formula is C6H7N3O3. The Labute approximate surface area is 67.8 Å². The van der Waals surface area contributed by atoms with E-state index in [0.29, 0.717) is 5.69 Å². The third-order valence-corrected chi connectivity index (χ3v) is 1.31. The third kappa shape index (κ3) is 1.49. The van der Waals surface area contributed by atoms with Gasteiger partial charge in [-0.05, 0) is 23.4 Å². The van der Waals surface area contributed by atoms with Gasteiger partial charge in [-0.3, -0.25) is 10.7 Å². The van der Waals surface area contributed by atoms with Crippen LogP contribution >= 0.6 is 0 Å². The molecule has 0 atom stereocenters. The Balaban J connectivity index is 3.10. The van der Waals surface area contributed by atoms with Gasteiger partial charge in [-0.2, -0.15) is 5.90 Å². The zero-order chi connectivity index (χ0) is 8.97. The standard InChI is InChI=1S/C6H7N3O3/c7-12-6-2-1-4(8-10)3-5(6)9-11/h1-3,8,10H,7H2. The largest absolute Gasteiger partial charge is 0.409 e. The van der Waals surface area contributed by atoms with Gasteiger partial charge in [0.05, 0.1) is 5.69 Å². The van der Waals surface area contributed by atoms with E-state index in [1.54, 1.807) is 0 Å². The molecule has 1 aromatic carbocycles. The number of hydrogen-bond acceptors (Lipinski definition) is 6. The van der Waals surface area contributed by atoms with E-state index in [2.05, 4.69) is 10.0 Å². The summed E-state index contributed by atoms with van der Waals surface area (Å²) < 4.78 is 0. The molecule has 0 bridgehead atoms. The first-order valence-electron chi connectivity index (χ1n) is 3.06. The highest BCUT2D eigenvalue weighted by molar-refractivity contribution is 5.60. The summed E-state index contributed by atoms with van der Waals surface area (Å²) in [4.78, 5) is 14.5. The summed E-state index contributed by atoms with van der Waals surface area (Å²) in [5.41, 5.74) is 2.22. The summed E-state index contributed by atoms with van der Waals surface area (Å²) >= 11 is 0. The maximum absolute atomic E-state index is 10.2. The van der Waals surface area contributed by atoms with Crippen LogP contribution in [0.2, 0.25) is 0 Å². The smallest absolute Gasteiger partial charge is 0.176 e. The van der Waals surface area contributed by atoms with Crippen LogP contribution in [0.4, 0.5) is 11.4 Å². The molecule has 0 amide bonds. The molecule has 0 heterocycles. The van der Waals surface area contributed by atoms with Crippen molar-refractivity contribution in [3.63, 3.8) is 0 Å². The van der Waals surface area contributed by atoms with E-state index >= 15 is 0 Å². The zero-order valence-corrected chi connectivity index (χ0v) is 6.02. The van der Waals surface area contributed by atoms with Crippen LogP contribution in [0.3, 0.4) is 0 Å². The molecule has 0 saturated carbocycles. The maximum atomic E-state index is 10.2. The van der Waals surface area contributed by atoms with Crippen LogP contribution < -0.4 is 16.2 Å². The lowest BCUT2D eigenvalue weighted by molar-refractivity contribution is 0.335. The van der Waals surface area contributed by atoms with Gasteiger partial charge in [0.1, 0.15) is 0 Å². The quantitative estimate of drug-likeness (QED) is 0.465. The van der Waals surface area contributed by atoms with Crippen molar-refractivity contribution in [3.8, 4) is 5.75 Å². The Hall–Kier alpha value is -1.66. The maximum Gasteiger partial charge on any atom is 0.176 e. The van der Waals surface area contributed by atoms with Crippen molar-refractivity contribution in [1.82, 2.24) is 0 Å². The van der Waals surface area contributed by atoms with Crippen LogP contribution in [0.15, 0.2) is 23.4 Å². The summed E-state index contributed by atoms with van der Waals surface area (Å²) in [5.74, 6) is 4.99. The van der Waals surface area contributed by atoms with Crippen LogP contribution in [-0.2, 0) is 0 Å². The number of rotatable bonds is 3. The highest BCUT2D eigenvalue weighted by Gasteiger charge is 2.03. The molecule has 4 N–H and O–H groups in total. The molecule has 1 rings (SSSR count). The Kier molecular flexibility index (Phi) is 2.57. The van der Waals surface area contributed by atoms with Gasteiger partial charge in [0.15, 0.2) is 11.4 Å². The van der Waals surface area contributed by atoms with E-state index in [0.717, 1.165) is 0 Å². The SMILES string of the molecule is NOc1ccc(NO)cc1N=O. The second-order valence-electron chi connectivity index (χ2n) is 2.00. The van der Waals surface area contributed by atoms with E-state index in [9.17, 15) is 4.91 Å². The minimum absolute atomic E-state index is 0.0246. The van der Waals surface area contributed by atoms with Crippen LogP contribution in [0.25, 0.3) is 0 Å². The second-order valence-corrected chi connectivity index (χ2v) is 2.00. The molecule has 0 aromatic heterocycles. The molecule has 12 heavy (non-hydrogen) atoms. The van der Waals surface area contributed by atoms with Gasteiger partial charge < -0.3 is 4.84 Å². The lowest BCUT2D eigenvalue weighted by atomic mass is 10.2. The molecule has 1 aromatic rings. The zero-order valence-electron chi connectivity index (χ0n) is 6.02. The molecule has 6 nitrogen and oxygen atoms in total. The van der Waals surface area contributed by atoms with Crippen LogP contribution in [-0.4, -0.2) is 5.21 Å². The molecule has 0 aliphatic heterocycles. The number of hydrogen-bond donors (Lipinski definition) is 3. The lowest BCUT2D eigenvalue weighted by Crippen LogP contribution is -2.02. The predicted octanol–water partition coefficient (Wildman–Crippen LogP) is 1.14. The van der Waals surface area contributed by atoms with Crippen molar-refractivity contribution in [3.05, 3.63) is 23.1 Å². The minimum Gasteiger partial charge on any atom is -0.409 e. The Morgan fingerprint density at radius 2 is 2.33 bits per heavy atom. The lowest BCUT2D eigenvalue weighted by Gasteiger charge is -2.02. The first-order valence-corrected chi connectivity index (χ1v) is 3.06. The highest BCUT2D eigenvalue weighted by atomic mass is 16.6. The summed E-state index contributed by atoms with van der Waals surface area (Å²) in [7, 11) is 0. The molecule has 0 aliphatic rings. The van der Waals surface area contributed by atoms with E-state index < -0.39 is 0 Å². The predicted molar refractivity (Wildman–Crippen MR) is 42.1 cm³/mol. The van der Waals surface area contributed by atoms with Gasteiger partial charge >= 0.3 is 0 Å². The topological polar surface area (TPSA) is 96.9 Å². The monoisotopic (exact) mass is 169 g/mol. The number of anilines is 1. The van der Waals surface area contributed by atoms with E-state index in [-0.39, 0.29) is 11.4 Å². The van der Waals surface area contributed by atoms with Crippen LogP contribution in [0, 0.1) is 4.91 Å². The van der Waals surface area contributed by atoms with Gasteiger partial charge in [0.2, 0.25) is 0 Å². The summed E-state index contributed by atoms with van der Waals surface area (Å²) in [5, 5.41) is 11.1. The molecule has 0 aliphatic carbocycles. The third-order valence-electron chi connectivity index (χ3n) is 1.31. The van der Waals surface area contributed by atoms with Crippen molar-refractivity contribution in [2.45, 2.75) is 0 Å². The molecule has 0 spiro atoms. The van der Waals surface area contributed by atoms with Gasteiger partial charge in [-0.1, -0.05) is 0 Å². The molecule has 0 unspecified atom stereocenters. The Bertz CT molecular complexity index is 289. The van der Waals surface area contributed by atoms with E-state index in [1.165, 1.54) is 18.2 Å². The fourth-order valence-electron chi connectivity index (χ4n) is 0.758. The number of nitrogens with two attached hydrogens (primary N) is 1. The molecule has 64 valence electrons. The van der Waals surface area contributed by atoms with Crippen LogP contribution in [0.5, 0.6) is 5.75 Å². The van der Waals surface area contributed by atoms with Gasteiger partial charge in [-0.25, -0.2) is 0 Å². The van der Waals surface area contributed by atoms with E-state index in [1.807, 2.05) is 5.48 Å². The van der Waals surface area contributed by atoms with Crippen molar-refractivity contribution in [1.29, 1.82) is 0 Å². The first kappa shape index (κ1) is 8.44. The second kappa shape index (κ2) is 3.65. The summed E-state index contributed by atoms with van der Waals surface area (Å²) in [6.45, 7) is 0. The summed E-state index contributed by atoms with van der Waals surface area (Å²) in [6, 6.07) is 4.20. The average molecular weight is 169 g/mol. The molecular weight excluding hydrogens is 162 g/mol. The fourth-order valence-corrected chi connectivity index (χ4v) is 0.758. The number of nitrogens with zero attached hydrogens (tertiary/aromatic N) is 1. The average Bonchev–Trinajstić information content (AvgIpc) is 2.16. The van der Waals surface area contributed by atoms with E-state index in [4.69, 9.17) is 11.1 Å². The number of benzene rings is 1. The molecule has 0 radical (unpaired) electrons. The molecule has 6 heteroatoms. The van der Waals surface area contributed by atoms with Crippen molar-refractivity contribution < 1.29 is 10.0 Å². The summed E-state index contributed by atoms with van der Waals surface area (Å²) in [6.07, 6.45) is 0. The highest BCUT2D eigenvalue weighted by Crippen LogP contribution is 2.29. The molecule has 0 fully saturated rings. The van der Waals surface area contributed by atoms with Crippen molar-refractivity contribution in [2.75, 3.05) is 5.48 Å². The normalized spacial score (nSPS) is 9.17. The van der Waals surface area contributed by atoms with Crippen LogP contribution in [0.1, 0.15) is 0 Å². The van der Waals surface area contributed by atoms with Gasteiger partial charge in [-0.15, -0.1) is 4.91 Å². The number of nitroso groups, excluding NO2 is 1. The fraction of sp³-hybridized carbons (Fsp3) is 0. The minimum atomic E-state index is 0.0246. The first-order chi connectivity index (χ1) is 5.81. The van der Waals surface area contributed by atoms with Gasteiger partial charge in [0, 0.05) is 0 Å². The molecule has 0 saturated heterocycles. The Morgan fingerprint density at radius 1 is 1.58 bits per heavy atom.